The number of carbonyl (C=O) groups excluding carboxylic acids is 1. The summed E-state index contributed by atoms with van der Waals surface area (Å²) in [6, 6.07) is 10.9. The fourth-order valence-corrected chi connectivity index (χ4v) is 5.97. The Morgan fingerprint density at radius 3 is 2.67 bits per heavy atom. The molecule has 2 aromatic carbocycles. The van der Waals surface area contributed by atoms with E-state index in [0.29, 0.717) is 63.8 Å². The molecule has 0 saturated heterocycles. The van der Waals surface area contributed by atoms with Gasteiger partial charge < -0.3 is 19.5 Å². The maximum Gasteiger partial charge on any atom is 0.338 e. The maximum atomic E-state index is 13.3. The van der Waals surface area contributed by atoms with E-state index in [9.17, 15) is 4.79 Å². The van der Waals surface area contributed by atoms with Crippen molar-refractivity contribution >= 4 is 51.2 Å². The minimum Gasteiger partial charge on any atom is -0.490 e. The van der Waals surface area contributed by atoms with Gasteiger partial charge in [0.1, 0.15) is 6.04 Å². The molecule has 40 heavy (non-hydrogen) atoms. The first-order valence-corrected chi connectivity index (χ1v) is 15.5. The van der Waals surface area contributed by atoms with E-state index >= 15 is 0 Å². The van der Waals surface area contributed by atoms with Gasteiger partial charge in [-0.1, -0.05) is 55.4 Å². The molecule has 0 saturated carbocycles. The van der Waals surface area contributed by atoms with Crippen molar-refractivity contribution in [1.82, 2.24) is 14.8 Å². The number of hydrogen-bond donors (Lipinski definition) is 1. The number of fused-ring (bicyclic) bond motifs is 1. The molecule has 0 bridgehead atoms. The van der Waals surface area contributed by atoms with Crippen LogP contribution >= 0.6 is 39.3 Å². The number of carbonyl (C=O) groups is 1. The summed E-state index contributed by atoms with van der Waals surface area (Å²) < 4.78 is 20.1. The molecular weight excluding hydrogens is 616 g/mol. The first-order chi connectivity index (χ1) is 19.2. The second-order valence-electron chi connectivity index (χ2n) is 9.62. The molecule has 1 unspecified atom stereocenters. The highest BCUT2D eigenvalue weighted by Crippen LogP contribution is 2.43. The van der Waals surface area contributed by atoms with Crippen LogP contribution in [0.4, 0.5) is 5.95 Å². The molecule has 0 spiro atoms. The number of thioether (sulfide) groups is 1. The first-order valence-electron chi connectivity index (χ1n) is 13.3. The van der Waals surface area contributed by atoms with Crippen LogP contribution in [0.1, 0.15) is 58.2 Å². The Morgan fingerprint density at radius 1 is 1.20 bits per heavy atom. The number of benzene rings is 2. The highest BCUT2D eigenvalue weighted by molar-refractivity contribution is 9.10. The Kier molecular flexibility index (Phi) is 10.4. The fraction of sp³-hybridized carbons (Fsp3) is 0.414. The molecule has 4 rings (SSSR count). The minimum absolute atomic E-state index is 0.252. The summed E-state index contributed by atoms with van der Waals surface area (Å²) in [7, 11) is 0. The number of halogens is 2. The summed E-state index contributed by atoms with van der Waals surface area (Å²) in [6.07, 6.45) is 0.917. The fourth-order valence-electron chi connectivity index (χ4n) is 4.28. The van der Waals surface area contributed by atoms with Crippen molar-refractivity contribution in [2.75, 3.05) is 25.1 Å². The third-order valence-corrected chi connectivity index (χ3v) is 8.08. The Balaban J connectivity index is 1.75. The standard InChI is InChI=1S/C29H34BrClN4O4S/c1-6-37-23-15-20(14-21(30)26(23)39-13-12-17(3)4)25-24(27(36)38-7-2)18(5)32-28-33-29(34-35(25)28)40-16-19-10-8-9-11-22(19)31/h8-11,14-15,17,25H,6-7,12-13,16H2,1-5H3,(H,32,33,34). The smallest absolute Gasteiger partial charge is 0.338 e. The molecule has 0 aliphatic carbocycles. The van der Waals surface area contributed by atoms with Crippen molar-refractivity contribution in [3.8, 4) is 11.5 Å². The lowest BCUT2D eigenvalue weighted by atomic mass is 9.95. The molecule has 0 amide bonds. The van der Waals surface area contributed by atoms with Crippen LogP contribution in [0.2, 0.25) is 5.02 Å². The van der Waals surface area contributed by atoms with E-state index in [2.05, 4.69) is 35.1 Å². The predicted octanol–water partition coefficient (Wildman–Crippen LogP) is 7.66. The van der Waals surface area contributed by atoms with E-state index in [0.717, 1.165) is 22.0 Å². The van der Waals surface area contributed by atoms with E-state index in [-0.39, 0.29) is 6.61 Å². The Hall–Kier alpha value is -2.69. The summed E-state index contributed by atoms with van der Waals surface area (Å²) in [5, 5.41) is 9.31. The monoisotopic (exact) mass is 648 g/mol. The molecular formula is C29H34BrClN4O4S. The molecule has 1 aliphatic rings. The van der Waals surface area contributed by atoms with Gasteiger partial charge >= 0.3 is 5.97 Å². The number of ether oxygens (including phenoxy) is 3. The van der Waals surface area contributed by atoms with E-state index in [1.54, 1.807) is 11.6 Å². The van der Waals surface area contributed by atoms with E-state index < -0.39 is 12.0 Å². The summed E-state index contributed by atoms with van der Waals surface area (Å²) in [5.41, 5.74) is 2.87. The van der Waals surface area contributed by atoms with Crippen molar-refractivity contribution in [3.63, 3.8) is 0 Å². The lowest BCUT2D eigenvalue weighted by Crippen LogP contribution is -2.29. The number of nitrogens with one attached hydrogen (secondary N) is 1. The molecule has 1 aromatic heterocycles. The van der Waals surface area contributed by atoms with Gasteiger partial charge in [0.15, 0.2) is 11.5 Å². The van der Waals surface area contributed by atoms with Gasteiger partial charge in [-0.05, 0) is 78.4 Å². The average molecular weight is 650 g/mol. The van der Waals surface area contributed by atoms with Crippen LogP contribution < -0.4 is 14.8 Å². The quantitative estimate of drug-likeness (QED) is 0.158. The van der Waals surface area contributed by atoms with Crippen LogP contribution in [0.3, 0.4) is 0 Å². The van der Waals surface area contributed by atoms with E-state index in [1.165, 1.54) is 11.8 Å². The van der Waals surface area contributed by atoms with Crippen LogP contribution in [0.5, 0.6) is 11.5 Å². The molecule has 2 heterocycles. The van der Waals surface area contributed by atoms with Crippen molar-refractivity contribution in [1.29, 1.82) is 0 Å². The van der Waals surface area contributed by atoms with Crippen molar-refractivity contribution < 1.29 is 19.0 Å². The molecule has 1 atom stereocenters. The minimum atomic E-state index is -0.599. The van der Waals surface area contributed by atoms with Gasteiger partial charge in [0.05, 0.1) is 29.9 Å². The highest BCUT2D eigenvalue weighted by Gasteiger charge is 2.36. The predicted molar refractivity (Wildman–Crippen MR) is 162 cm³/mol. The molecule has 214 valence electrons. The molecule has 3 aromatic rings. The summed E-state index contributed by atoms with van der Waals surface area (Å²) >= 11 is 11.5. The van der Waals surface area contributed by atoms with E-state index in [1.807, 2.05) is 50.2 Å². The Morgan fingerprint density at radius 2 is 1.98 bits per heavy atom. The zero-order valence-electron chi connectivity index (χ0n) is 23.3. The number of allylic oxidation sites excluding steroid dienone is 1. The van der Waals surface area contributed by atoms with Gasteiger partial charge in [-0.3, -0.25) is 0 Å². The van der Waals surface area contributed by atoms with Crippen LogP contribution in [0.25, 0.3) is 0 Å². The van der Waals surface area contributed by atoms with Gasteiger partial charge in [-0.25, -0.2) is 9.48 Å². The van der Waals surface area contributed by atoms with Crippen molar-refractivity contribution in [2.45, 2.75) is 58.0 Å². The lowest BCUT2D eigenvalue weighted by Gasteiger charge is -2.29. The average Bonchev–Trinajstić information content (AvgIpc) is 3.31. The van der Waals surface area contributed by atoms with Crippen LogP contribution in [-0.2, 0) is 15.3 Å². The van der Waals surface area contributed by atoms with E-state index in [4.69, 9.17) is 35.9 Å². The lowest BCUT2D eigenvalue weighted by molar-refractivity contribution is -0.139. The summed E-state index contributed by atoms with van der Waals surface area (Å²) in [5.74, 6) is 2.45. The Bertz CT molecular complexity index is 1390. The third-order valence-electron chi connectivity index (χ3n) is 6.23. The summed E-state index contributed by atoms with van der Waals surface area (Å²) in [6.45, 7) is 11.1. The largest absolute Gasteiger partial charge is 0.490 e. The second-order valence-corrected chi connectivity index (χ2v) is 11.8. The highest BCUT2D eigenvalue weighted by atomic mass is 79.9. The molecule has 0 fully saturated rings. The van der Waals surface area contributed by atoms with Gasteiger partial charge in [0, 0.05) is 16.5 Å². The number of rotatable bonds is 12. The summed E-state index contributed by atoms with van der Waals surface area (Å²) in [4.78, 5) is 18.0. The van der Waals surface area contributed by atoms with Crippen molar-refractivity contribution in [2.24, 2.45) is 5.92 Å². The molecule has 0 radical (unpaired) electrons. The SMILES string of the molecule is CCOC(=O)C1=C(C)Nc2nc(SCc3ccccc3Cl)nn2C1c1cc(Br)c(OCCC(C)C)c(OCC)c1. The second kappa shape index (κ2) is 13.8. The van der Waals surface area contributed by atoms with Gasteiger partial charge in [-0.15, -0.1) is 5.10 Å². The normalized spacial score (nSPS) is 14.7. The van der Waals surface area contributed by atoms with Gasteiger partial charge in [0.25, 0.3) is 0 Å². The van der Waals surface area contributed by atoms with Gasteiger partial charge in [0.2, 0.25) is 11.1 Å². The number of nitrogens with zero attached hydrogens (tertiary/aromatic N) is 3. The maximum absolute atomic E-state index is 13.3. The van der Waals surface area contributed by atoms with Crippen LogP contribution in [-0.4, -0.2) is 40.6 Å². The van der Waals surface area contributed by atoms with Crippen LogP contribution in [0, 0.1) is 5.92 Å². The molecule has 11 heteroatoms. The third kappa shape index (κ3) is 6.95. The first kappa shape index (κ1) is 30.3. The zero-order chi connectivity index (χ0) is 28.8. The molecule has 8 nitrogen and oxygen atoms in total. The number of aromatic nitrogens is 3. The topological polar surface area (TPSA) is 87.5 Å². The molecule has 1 N–H and O–H groups in total. The number of hydrogen-bond acceptors (Lipinski definition) is 8. The zero-order valence-corrected chi connectivity index (χ0v) is 26.5. The number of esters is 1. The van der Waals surface area contributed by atoms with Gasteiger partial charge in [-0.2, -0.15) is 4.98 Å². The number of anilines is 1. The van der Waals surface area contributed by atoms with Crippen molar-refractivity contribution in [3.05, 3.63) is 68.3 Å². The Labute approximate surface area is 252 Å². The molecule has 1 aliphatic heterocycles. The van der Waals surface area contributed by atoms with Crippen LogP contribution in [0.15, 0.2) is 57.3 Å².